The van der Waals surface area contributed by atoms with Gasteiger partial charge in [0.25, 0.3) is 0 Å². The molecule has 1 fully saturated rings. The van der Waals surface area contributed by atoms with Gasteiger partial charge in [-0.15, -0.1) is 0 Å². The molecule has 0 amide bonds. The topological polar surface area (TPSA) is 51.0 Å². The van der Waals surface area contributed by atoms with Gasteiger partial charge in [0.15, 0.2) is 0 Å². The fraction of sp³-hybridized carbons (Fsp3) is 0.500. The monoisotopic (exact) mass is 249 g/mol. The van der Waals surface area contributed by atoms with Crippen LogP contribution in [0.15, 0.2) is 21.3 Å². The molecule has 17 heavy (non-hydrogen) atoms. The molecule has 0 aromatic carbocycles. The first-order valence-electron chi connectivity index (χ1n) is 5.92. The highest BCUT2D eigenvalue weighted by atomic mass is 32.1. The lowest BCUT2D eigenvalue weighted by molar-refractivity contribution is 0.295. The van der Waals surface area contributed by atoms with Crippen molar-refractivity contribution in [1.82, 2.24) is 15.5 Å². The lowest BCUT2D eigenvalue weighted by atomic mass is 9.93. The van der Waals surface area contributed by atoms with Gasteiger partial charge in [-0.1, -0.05) is 5.16 Å². The molecule has 2 atom stereocenters. The third-order valence-corrected chi connectivity index (χ3v) is 3.88. The van der Waals surface area contributed by atoms with Gasteiger partial charge in [0, 0.05) is 22.9 Å². The van der Waals surface area contributed by atoms with Crippen molar-refractivity contribution in [3.8, 4) is 11.4 Å². The van der Waals surface area contributed by atoms with Gasteiger partial charge in [0.05, 0.1) is 0 Å². The van der Waals surface area contributed by atoms with E-state index in [4.69, 9.17) is 4.52 Å². The molecule has 5 heteroatoms. The van der Waals surface area contributed by atoms with Crippen LogP contribution in [0.4, 0.5) is 0 Å². The Balaban J connectivity index is 1.80. The summed E-state index contributed by atoms with van der Waals surface area (Å²) in [6.07, 6.45) is 2.15. The Bertz CT molecular complexity index is 480. The van der Waals surface area contributed by atoms with Crippen molar-refractivity contribution >= 4 is 11.3 Å². The summed E-state index contributed by atoms with van der Waals surface area (Å²) in [5, 5.41) is 11.6. The first-order chi connectivity index (χ1) is 8.33. The van der Waals surface area contributed by atoms with Crippen LogP contribution in [0.5, 0.6) is 0 Å². The van der Waals surface area contributed by atoms with Gasteiger partial charge < -0.3 is 9.84 Å². The van der Waals surface area contributed by atoms with Crippen molar-refractivity contribution in [1.29, 1.82) is 0 Å². The minimum absolute atomic E-state index is 0.408. The Kier molecular flexibility index (Phi) is 2.94. The number of hydrogen-bond donors (Lipinski definition) is 1. The summed E-state index contributed by atoms with van der Waals surface area (Å²) in [6.45, 7) is 3.23. The Morgan fingerprint density at radius 3 is 3.24 bits per heavy atom. The Labute approximate surface area is 104 Å². The first-order valence-corrected chi connectivity index (χ1v) is 6.87. The molecule has 0 unspecified atom stereocenters. The highest BCUT2D eigenvalue weighted by Gasteiger charge is 2.25. The Hall–Kier alpha value is -1.20. The number of piperidine rings is 1. The number of thiophene rings is 1. The van der Waals surface area contributed by atoms with Crippen LogP contribution in [0.25, 0.3) is 11.4 Å². The highest BCUT2D eigenvalue weighted by Crippen LogP contribution is 2.28. The predicted molar refractivity (Wildman–Crippen MR) is 67.1 cm³/mol. The quantitative estimate of drug-likeness (QED) is 0.889. The lowest BCUT2D eigenvalue weighted by Gasteiger charge is -2.25. The van der Waals surface area contributed by atoms with Crippen LogP contribution in [0.3, 0.4) is 0 Å². The van der Waals surface area contributed by atoms with Crippen LogP contribution < -0.4 is 5.32 Å². The van der Waals surface area contributed by atoms with E-state index in [2.05, 4.69) is 22.4 Å². The molecular weight excluding hydrogens is 234 g/mol. The highest BCUT2D eigenvalue weighted by molar-refractivity contribution is 7.08. The summed E-state index contributed by atoms with van der Waals surface area (Å²) in [6, 6.07) is 2.55. The molecule has 90 valence electrons. The van der Waals surface area contributed by atoms with Crippen molar-refractivity contribution < 1.29 is 4.52 Å². The molecule has 2 aromatic heterocycles. The maximum absolute atomic E-state index is 5.39. The minimum atomic E-state index is 0.408. The molecule has 1 N–H and O–H groups in total. The van der Waals surface area contributed by atoms with Crippen LogP contribution in [-0.2, 0) is 0 Å². The molecule has 4 nitrogen and oxygen atoms in total. The summed E-state index contributed by atoms with van der Waals surface area (Å²) in [5.74, 6) is 1.91. The Morgan fingerprint density at radius 2 is 2.47 bits per heavy atom. The molecule has 1 saturated heterocycles. The molecule has 0 aliphatic carbocycles. The fourth-order valence-corrected chi connectivity index (χ4v) is 2.90. The van der Waals surface area contributed by atoms with Gasteiger partial charge in [0.1, 0.15) is 0 Å². The third-order valence-electron chi connectivity index (χ3n) is 3.19. The van der Waals surface area contributed by atoms with E-state index in [1.54, 1.807) is 11.3 Å². The second kappa shape index (κ2) is 4.58. The van der Waals surface area contributed by atoms with Crippen molar-refractivity contribution in [2.24, 2.45) is 0 Å². The van der Waals surface area contributed by atoms with E-state index < -0.39 is 0 Å². The van der Waals surface area contributed by atoms with E-state index in [-0.39, 0.29) is 0 Å². The van der Waals surface area contributed by atoms with Crippen LogP contribution in [0, 0.1) is 0 Å². The third kappa shape index (κ3) is 2.25. The summed E-state index contributed by atoms with van der Waals surface area (Å²) < 4.78 is 5.39. The zero-order valence-corrected chi connectivity index (χ0v) is 10.5. The maximum atomic E-state index is 5.39. The van der Waals surface area contributed by atoms with Crippen LogP contribution in [0.1, 0.15) is 31.6 Å². The number of rotatable bonds is 2. The van der Waals surface area contributed by atoms with Gasteiger partial charge >= 0.3 is 0 Å². The van der Waals surface area contributed by atoms with E-state index in [1.807, 2.05) is 16.8 Å². The van der Waals surface area contributed by atoms with Crippen LogP contribution in [-0.4, -0.2) is 22.7 Å². The van der Waals surface area contributed by atoms with Crippen molar-refractivity contribution in [3.63, 3.8) is 0 Å². The van der Waals surface area contributed by atoms with E-state index >= 15 is 0 Å². The summed E-state index contributed by atoms with van der Waals surface area (Å²) in [7, 11) is 0. The number of nitrogens with one attached hydrogen (secondary N) is 1. The summed E-state index contributed by atoms with van der Waals surface area (Å²) in [5.41, 5.74) is 1.05. The molecule has 0 bridgehead atoms. The zero-order valence-electron chi connectivity index (χ0n) is 9.72. The molecule has 3 rings (SSSR count). The molecule has 2 aromatic rings. The van der Waals surface area contributed by atoms with Gasteiger partial charge in [-0.25, -0.2) is 0 Å². The molecule has 0 radical (unpaired) electrons. The molecule has 0 spiro atoms. The van der Waals surface area contributed by atoms with Crippen LogP contribution in [0.2, 0.25) is 0 Å². The number of nitrogens with zero attached hydrogens (tertiary/aromatic N) is 2. The molecule has 0 saturated carbocycles. The number of hydrogen-bond acceptors (Lipinski definition) is 5. The largest absolute Gasteiger partial charge is 0.339 e. The molecule has 1 aliphatic heterocycles. The maximum Gasteiger partial charge on any atom is 0.230 e. The Morgan fingerprint density at radius 1 is 1.53 bits per heavy atom. The predicted octanol–water partition coefficient (Wildman–Crippen LogP) is 2.65. The van der Waals surface area contributed by atoms with Gasteiger partial charge in [-0.05, 0) is 37.8 Å². The standard InChI is InChI=1S/C12H15N3OS/c1-8-6-9(2-4-13-8)12-14-11(15-16-12)10-3-5-17-7-10/h3,5,7-9,13H,2,4,6H2,1H3/t8-,9-/m0/s1. The first kappa shape index (κ1) is 10.9. The summed E-state index contributed by atoms with van der Waals surface area (Å²) in [4.78, 5) is 4.51. The SMILES string of the molecule is C[C@H]1C[C@@H](c2nc(-c3ccsc3)no2)CCN1. The molecule has 1 aliphatic rings. The van der Waals surface area contributed by atoms with Crippen molar-refractivity contribution in [3.05, 3.63) is 22.7 Å². The number of aromatic nitrogens is 2. The van der Waals surface area contributed by atoms with Crippen LogP contribution >= 0.6 is 11.3 Å². The summed E-state index contributed by atoms with van der Waals surface area (Å²) >= 11 is 1.65. The lowest BCUT2D eigenvalue weighted by Crippen LogP contribution is -2.34. The van der Waals surface area contributed by atoms with Gasteiger partial charge in [-0.3, -0.25) is 0 Å². The van der Waals surface area contributed by atoms with Gasteiger partial charge in [-0.2, -0.15) is 16.3 Å². The van der Waals surface area contributed by atoms with E-state index in [0.29, 0.717) is 17.8 Å². The van der Waals surface area contributed by atoms with E-state index in [0.717, 1.165) is 30.8 Å². The van der Waals surface area contributed by atoms with Crippen molar-refractivity contribution in [2.45, 2.75) is 31.7 Å². The fourth-order valence-electron chi connectivity index (χ4n) is 2.27. The smallest absolute Gasteiger partial charge is 0.230 e. The average Bonchev–Trinajstić information content (AvgIpc) is 3.00. The van der Waals surface area contributed by atoms with E-state index in [1.165, 1.54) is 0 Å². The normalized spacial score (nSPS) is 25.0. The van der Waals surface area contributed by atoms with E-state index in [9.17, 15) is 0 Å². The average molecular weight is 249 g/mol. The minimum Gasteiger partial charge on any atom is -0.339 e. The molecular formula is C12H15N3OS. The second-order valence-electron chi connectivity index (χ2n) is 4.54. The second-order valence-corrected chi connectivity index (χ2v) is 5.32. The van der Waals surface area contributed by atoms with Gasteiger partial charge in [0.2, 0.25) is 11.7 Å². The zero-order chi connectivity index (χ0) is 11.7. The van der Waals surface area contributed by atoms with Crippen molar-refractivity contribution in [2.75, 3.05) is 6.54 Å². The molecule has 3 heterocycles.